The van der Waals surface area contributed by atoms with Crippen molar-refractivity contribution in [3.8, 4) is 0 Å². The predicted octanol–water partition coefficient (Wildman–Crippen LogP) is 0.817. The first kappa shape index (κ1) is 13.2. The van der Waals surface area contributed by atoms with E-state index < -0.39 is 10.0 Å². The van der Waals surface area contributed by atoms with Crippen molar-refractivity contribution in [3.05, 3.63) is 27.8 Å². The van der Waals surface area contributed by atoms with Crippen molar-refractivity contribution in [1.82, 2.24) is 9.84 Å². The third kappa shape index (κ3) is 3.62. The quantitative estimate of drug-likeness (QED) is 0.803. The van der Waals surface area contributed by atoms with Gasteiger partial charge in [-0.15, -0.1) is 4.83 Å². The number of halogens is 1. The van der Waals surface area contributed by atoms with Crippen LogP contribution >= 0.6 is 22.6 Å². The Hall–Kier alpha value is -0.220. The number of benzene rings is 1. The largest absolute Gasteiger partial charge is 0.379 e. The summed E-state index contributed by atoms with van der Waals surface area (Å²) in [5, 5.41) is 1.67. The van der Waals surface area contributed by atoms with E-state index in [1.807, 2.05) is 6.07 Å². The minimum absolute atomic E-state index is 0.288. The van der Waals surface area contributed by atoms with Crippen LogP contribution in [0.5, 0.6) is 0 Å². The van der Waals surface area contributed by atoms with Gasteiger partial charge in [0, 0.05) is 16.7 Å². The lowest BCUT2D eigenvalue weighted by atomic mass is 10.4. The number of hydrogen-bond donors (Lipinski definition) is 1. The monoisotopic (exact) mass is 368 g/mol. The number of rotatable bonds is 3. The van der Waals surface area contributed by atoms with Gasteiger partial charge in [-0.05, 0) is 40.8 Å². The van der Waals surface area contributed by atoms with Crippen LogP contribution in [0.1, 0.15) is 0 Å². The molecule has 1 aromatic rings. The van der Waals surface area contributed by atoms with E-state index in [2.05, 4.69) is 27.4 Å². The molecule has 1 aliphatic rings. The second kappa shape index (κ2) is 5.61. The zero-order chi connectivity index (χ0) is 12.3. The van der Waals surface area contributed by atoms with Gasteiger partial charge in [-0.25, -0.2) is 13.4 Å². The van der Waals surface area contributed by atoms with E-state index in [1.54, 1.807) is 23.2 Å². The van der Waals surface area contributed by atoms with Gasteiger partial charge in [0.1, 0.15) is 0 Å². The normalized spacial score (nSPS) is 18.2. The lowest BCUT2D eigenvalue weighted by Gasteiger charge is -2.26. The van der Waals surface area contributed by atoms with Gasteiger partial charge in [-0.2, -0.15) is 0 Å². The molecule has 0 spiro atoms. The molecule has 1 saturated heterocycles. The first-order valence-electron chi connectivity index (χ1n) is 5.19. The van der Waals surface area contributed by atoms with E-state index in [4.69, 9.17) is 4.74 Å². The van der Waals surface area contributed by atoms with Gasteiger partial charge in [0.25, 0.3) is 10.0 Å². The summed E-state index contributed by atoms with van der Waals surface area (Å²) in [7, 11) is -3.47. The molecule has 7 heteroatoms. The van der Waals surface area contributed by atoms with Crippen molar-refractivity contribution < 1.29 is 13.2 Å². The summed E-state index contributed by atoms with van der Waals surface area (Å²) in [6.07, 6.45) is 0. The lowest BCUT2D eigenvalue weighted by molar-refractivity contribution is 0.0272. The standard InChI is InChI=1S/C10H13IN2O3S/c11-9-2-1-3-10(8-9)17(14,15)12-13-4-6-16-7-5-13/h1-3,8,12H,4-7H2. The highest BCUT2D eigenvalue weighted by Gasteiger charge is 2.19. The van der Waals surface area contributed by atoms with E-state index in [9.17, 15) is 8.42 Å². The number of sulfonamides is 1. The minimum atomic E-state index is -3.47. The minimum Gasteiger partial charge on any atom is -0.379 e. The Morgan fingerprint density at radius 1 is 1.29 bits per heavy atom. The summed E-state index contributed by atoms with van der Waals surface area (Å²) in [6, 6.07) is 6.82. The second-order valence-corrected chi connectivity index (χ2v) is 6.56. The highest BCUT2D eigenvalue weighted by molar-refractivity contribution is 14.1. The highest BCUT2D eigenvalue weighted by atomic mass is 127. The molecule has 0 amide bonds. The van der Waals surface area contributed by atoms with Crippen molar-refractivity contribution in [1.29, 1.82) is 0 Å². The van der Waals surface area contributed by atoms with E-state index in [0.29, 0.717) is 26.3 Å². The molecule has 0 aromatic heterocycles. The fourth-order valence-corrected chi connectivity index (χ4v) is 3.43. The molecule has 5 nitrogen and oxygen atoms in total. The summed E-state index contributed by atoms with van der Waals surface area (Å²) in [5.74, 6) is 0. The molecular formula is C10H13IN2O3S. The molecule has 1 aromatic carbocycles. The van der Waals surface area contributed by atoms with E-state index >= 15 is 0 Å². The third-order valence-corrected chi connectivity index (χ3v) is 4.41. The van der Waals surface area contributed by atoms with Crippen LogP contribution < -0.4 is 4.83 Å². The van der Waals surface area contributed by atoms with Crippen molar-refractivity contribution in [2.45, 2.75) is 4.90 Å². The Labute approximate surface area is 114 Å². The highest BCUT2D eigenvalue weighted by Crippen LogP contribution is 2.13. The molecule has 0 radical (unpaired) electrons. The molecule has 0 bridgehead atoms. The summed E-state index contributed by atoms with van der Waals surface area (Å²) in [5.41, 5.74) is 0. The number of nitrogens with one attached hydrogen (secondary N) is 1. The SMILES string of the molecule is O=S(=O)(NN1CCOCC1)c1cccc(I)c1. The molecule has 1 aliphatic heterocycles. The fraction of sp³-hybridized carbons (Fsp3) is 0.400. The van der Waals surface area contributed by atoms with Crippen molar-refractivity contribution in [2.75, 3.05) is 26.3 Å². The molecule has 0 atom stereocenters. The zero-order valence-electron chi connectivity index (χ0n) is 9.10. The summed E-state index contributed by atoms with van der Waals surface area (Å²) >= 11 is 2.09. The van der Waals surface area contributed by atoms with Crippen molar-refractivity contribution in [3.63, 3.8) is 0 Å². The maximum Gasteiger partial charge on any atom is 0.253 e. The van der Waals surface area contributed by atoms with Gasteiger partial charge < -0.3 is 4.74 Å². The van der Waals surface area contributed by atoms with Crippen molar-refractivity contribution >= 4 is 32.6 Å². The molecule has 0 unspecified atom stereocenters. The van der Waals surface area contributed by atoms with E-state index in [-0.39, 0.29) is 4.90 Å². The average Bonchev–Trinajstić information content (AvgIpc) is 2.30. The molecule has 0 saturated carbocycles. The van der Waals surface area contributed by atoms with Crippen LogP contribution in [-0.2, 0) is 14.8 Å². The van der Waals surface area contributed by atoms with Crippen LogP contribution in [0.25, 0.3) is 0 Å². The Kier molecular flexibility index (Phi) is 4.36. The Bertz CT molecular complexity index is 486. The first-order chi connectivity index (χ1) is 8.08. The molecule has 0 aliphatic carbocycles. The van der Waals surface area contributed by atoms with E-state index in [1.165, 1.54) is 0 Å². The maximum atomic E-state index is 12.1. The topological polar surface area (TPSA) is 58.6 Å². The lowest BCUT2D eigenvalue weighted by Crippen LogP contribution is -2.48. The molecule has 17 heavy (non-hydrogen) atoms. The van der Waals surface area contributed by atoms with Crippen LogP contribution in [0.4, 0.5) is 0 Å². The van der Waals surface area contributed by atoms with Gasteiger partial charge in [0.15, 0.2) is 0 Å². The number of nitrogens with zero attached hydrogens (tertiary/aromatic N) is 1. The van der Waals surface area contributed by atoms with Gasteiger partial charge >= 0.3 is 0 Å². The second-order valence-electron chi connectivity index (χ2n) is 3.65. The molecule has 2 rings (SSSR count). The molecule has 1 heterocycles. The van der Waals surface area contributed by atoms with Gasteiger partial charge in [0.2, 0.25) is 0 Å². The van der Waals surface area contributed by atoms with Gasteiger partial charge in [-0.1, -0.05) is 6.07 Å². The maximum absolute atomic E-state index is 12.1. The summed E-state index contributed by atoms with van der Waals surface area (Å²) in [6.45, 7) is 2.25. The first-order valence-corrected chi connectivity index (χ1v) is 7.75. The van der Waals surface area contributed by atoms with E-state index in [0.717, 1.165) is 3.57 Å². The zero-order valence-corrected chi connectivity index (χ0v) is 12.1. The Balaban J connectivity index is 2.13. The molecule has 1 N–H and O–H groups in total. The third-order valence-electron chi connectivity index (χ3n) is 2.37. The number of ether oxygens (including phenoxy) is 1. The van der Waals surface area contributed by atoms with Crippen LogP contribution in [0.3, 0.4) is 0 Å². The number of hydrogen-bond acceptors (Lipinski definition) is 4. The Morgan fingerprint density at radius 2 is 2.00 bits per heavy atom. The van der Waals surface area contributed by atoms with Crippen molar-refractivity contribution in [2.24, 2.45) is 0 Å². The Morgan fingerprint density at radius 3 is 2.65 bits per heavy atom. The van der Waals surface area contributed by atoms with Crippen LogP contribution in [0, 0.1) is 3.57 Å². The smallest absolute Gasteiger partial charge is 0.253 e. The molecule has 94 valence electrons. The summed E-state index contributed by atoms with van der Waals surface area (Å²) in [4.78, 5) is 2.85. The number of hydrazine groups is 1. The van der Waals surface area contributed by atoms with Gasteiger partial charge in [0.05, 0.1) is 18.1 Å². The fourth-order valence-electron chi connectivity index (χ4n) is 1.51. The molecular weight excluding hydrogens is 355 g/mol. The van der Waals surface area contributed by atoms with Crippen LogP contribution in [0.2, 0.25) is 0 Å². The molecule has 1 fully saturated rings. The summed E-state index contributed by atoms with van der Waals surface area (Å²) < 4.78 is 30.2. The van der Waals surface area contributed by atoms with Crippen LogP contribution in [-0.4, -0.2) is 39.7 Å². The number of morpholine rings is 1. The van der Waals surface area contributed by atoms with Crippen LogP contribution in [0.15, 0.2) is 29.2 Å². The average molecular weight is 368 g/mol. The predicted molar refractivity (Wildman–Crippen MR) is 71.9 cm³/mol. The van der Waals surface area contributed by atoms with Gasteiger partial charge in [-0.3, -0.25) is 0 Å².